The van der Waals surface area contributed by atoms with Gasteiger partial charge in [0.1, 0.15) is 0 Å². The van der Waals surface area contributed by atoms with Crippen LogP contribution in [0.15, 0.2) is 0 Å². The normalized spacial score (nSPS) is 33.5. The van der Waals surface area contributed by atoms with E-state index < -0.39 is 21.5 Å². The summed E-state index contributed by atoms with van der Waals surface area (Å²) in [6.07, 6.45) is 2.78. The van der Waals surface area contributed by atoms with Crippen LogP contribution in [0, 0.1) is 5.92 Å². The molecule has 6 nitrogen and oxygen atoms in total. The van der Waals surface area contributed by atoms with Gasteiger partial charge in [0.05, 0.1) is 10.8 Å². The molecular weight excluding hydrogens is 230 g/mol. The van der Waals surface area contributed by atoms with Crippen LogP contribution in [0.25, 0.3) is 0 Å². The molecule has 2 aliphatic carbocycles. The maximum atomic E-state index is 11.6. The van der Waals surface area contributed by atoms with Crippen molar-refractivity contribution in [3.05, 3.63) is 0 Å². The Hall–Kier alpha value is -0.660. The predicted molar refractivity (Wildman–Crippen MR) is 58.5 cm³/mol. The van der Waals surface area contributed by atoms with Gasteiger partial charge in [0.15, 0.2) is 0 Å². The first-order valence-electron chi connectivity index (χ1n) is 5.50. The third kappa shape index (κ3) is 2.07. The first kappa shape index (κ1) is 11.8. The summed E-state index contributed by atoms with van der Waals surface area (Å²) in [4.78, 5) is 13.7. The smallest absolute Gasteiger partial charge is 0.255 e. The van der Waals surface area contributed by atoms with E-state index in [0.29, 0.717) is 19.3 Å². The van der Waals surface area contributed by atoms with Crippen LogP contribution >= 0.6 is 0 Å². The van der Waals surface area contributed by atoms with E-state index in [1.165, 1.54) is 0 Å². The molecule has 0 aromatic carbocycles. The molecule has 0 aromatic heterocycles. The van der Waals surface area contributed by atoms with Crippen molar-refractivity contribution in [2.24, 2.45) is 11.7 Å². The second-order valence-electron chi connectivity index (χ2n) is 4.65. The molecule has 0 unspecified atom stereocenters. The lowest BCUT2D eigenvalue weighted by Gasteiger charge is -2.12. The number of rotatable bonds is 5. The molecular formula is C9H17N3O3S. The second kappa shape index (κ2) is 3.68. The van der Waals surface area contributed by atoms with Crippen molar-refractivity contribution >= 4 is 15.9 Å². The Morgan fingerprint density at radius 1 is 1.50 bits per heavy atom. The number of nitrogens with two attached hydrogens (primary N) is 1. The van der Waals surface area contributed by atoms with Crippen molar-refractivity contribution in [3.8, 4) is 0 Å². The first-order valence-corrected chi connectivity index (χ1v) is 7.04. The minimum atomic E-state index is -3.38. The molecule has 2 saturated carbocycles. The lowest BCUT2D eigenvalue weighted by Crippen LogP contribution is -2.52. The van der Waals surface area contributed by atoms with Crippen LogP contribution in [-0.4, -0.2) is 25.1 Å². The fourth-order valence-corrected chi connectivity index (χ4v) is 2.99. The highest BCUT2D eigenvalue weighted by molar-refractivity contribution is 7.90. The van der Waals surface area contributed by atoms with Gasteiger partial charge in [-0.1, -0.05) is 13.3 Å². The Balaban J connectivity index is 1.85. The standard InChI is InChI=1S/C9H17N3O3S/c1-2-6-5-9(6,10)8(13)11-12-16(14,15)7-3-4-7/h6-7,12H,2-5,10H2,1H3,(H,11,13)/t6-,9+/m0/s1. The van der Waals surface area contributed by atoms with Crippen LogP contribution < -0.4 is 16.0 Å². The molecule has 2 atom stereocenters. The molecule has 0 bridgehead atoms. The van der Waals surface area contributed by atoms with Gasteiger partial charge in [-0.3, -0.25) is 10.2 Å². The molecule has 2 rings (SSSR count). The van der Waals surface area contributed by atoms with Crippen LogP contribution in [-0.2, 0) is 14.8 Å². The van der Waals surface area contributed by atoms with Crippen LogP contribution in [0.4, 0.5) is 0 Å². The zero-order valence-electron chi connectivity index (χ0n) is 9.19. The number of carbonyl (C=O) groups excluding carboxylic acids is 1. The lowest BCUT2D eigenvalue weighted by atomic mass is 10.2. The summed E-state index contributed by atoms with van der Waals surface area (Å²) in [5.74, 6) is -0.262. The highest BCUT2D eigenvalue weighted by Gasteiger charge is 2.56. The highest BCUT2D eigenvalue weighted by atomic mass is 32.2. The fourth-order valence-electron chi connectivity index (χ4n) is 1.83. The van der Waals surface area contributed by atoms with Gasteiger partial charge < -0.3 is 5.73 Å². The number of hydrogen-bond acceptors (Lipinski definition) is 4. The molecule has 16 heavy (non-hydrogen) atoms. The summed E-state index contributed by atoms with van der Waals surface area (Å²) in [6, 6.07) is 0. The molecule has 0 heterocycles. The topological polar surface area (TPSA) is 101 Å². The van der Waals surface area contributed by atoms with Crippen molar-refractivity contribution in [1.29, 1.82) is 0 Å². The third-order valence-electron chi connectivity index (χ3n) is 3.34. The van der Waals surface area contributed by atoms with E-state index in [1.807, 2.05) is 6.92 Å². The molecule has 7 heteroatoms. The summed E-state index contributed by atoms with van der Waals surface area (Å²) in [7, 11) is -3.38. The molecule has 2 aliphatic rings. The summed E-state index contributed by atoms with van der Waals surface area (Å²) >= 11 is 0. The predicted octanol–water partition coefficient (Wildman–Crippen LogP) is -0.773. The summed E-state index contributed by atoms with van der Waals surface area (Å²) in [6.45, 7) is 1.96. The minimum absolute atomic E-state index is 0.165. The van der Waals surface area contributed by atoms with Crippen molar-refractivity contribution in [2.75, 3.05) is 0 Å². The number of carbonyl (C=O) groups is 1. The molecule has 2 fully saturated rings. The maximum Gasteiger partial charge on any atom is 0.255 e. The number of hydrogen-bond donors (Lipinski definition) is 3. The number of sulfonamides is 1. The van der Waals surface area contributed by atoms with Gasteiger partial charge in [-0.05, 0) is 25.2 Å². The summed E-state index contributed by atoms with van der Waals surface area (Å²) < 4.78 is 22.9. The zero-order chi connectivity index (χ0) is 12.0. The van der Waals surface area contributed by atoms with Crippen LogP contribution in [0.2, 0.25) is 0 Å². The van der Waals surface area contributed by atoms with E-state index in [1.54, 1.807) is 0 Å². The molecule has 0 aromatic rings. The van der Waals surface area contributed by atoms with Crippen molar-refractivity contribution in [1.82, 2.24) is 10.3 Å². The van der Waals surface area contributed by atoms with Gasteiger partial charge >= 0.3 is 0 Å². The second-order valence-corrected chi connectivity index (χ2v) is 6.61. The Morgan fingerprint density at radius 2 is 2.12 bits per heavy atom. The molecule has 0 aliphatic heterocycles. The van der Waals surface area contributed by atoms with Gasteiger partial charge in [0.25, 0.3) is 5.91 Å². The third-order valence-corrected chi connectivity index (χ3v) is 5.07. The average Bonchev–Trinajstić information content (AvgIpc) is 3.07. The maximum absolute atomic E-state index is 11.6. The Morgan fingerprint density at radius 3 is 2.56 bits per heavy atom. The fraction of sp³-hybridized carbons (Fsp3) is 0.889. The van der Waals surface area contributed by atoms with E-state index >= 15 is 0 Å². The van der Waals surface area contributed by atoms with Gasteiger partial charge in [0.2, 0.25) is 10.0 Å². The molecule has 0 radical (unpaired) electrons. The first-order chi connectivity index (χ1) is 7.40. The van der Waals surface area contributed by atoms with Gasteiger partial charge in [-0.25, -0.2) is 8.42 Å². The van der Waals surface area contributed by atoms with Gasteiger partial charge in [0, 0.05) is 0 Å². The monoisotopic (exact) mass is 247 g/mol. The molecule has 0 saturated heterocycles. The molecule has 1 amide bonds. The quantitative estimate of drug-likeness (QED) is 0.555. The van der Waals surface area contributed by atoms with Crippen LogP contribution in [0.3, 0.4) is 0 Å². The van der Waals surface area contributed by atoms with E-state index in [-0.39, 0.29) is 11.2 Å². The minimum Gasteiger partial charge on any atom is -0.317 e. The largest absolute Gasteiger partial charge is 0.317 e. The van der Waals surface area contributed by atoms with Crippen molar-refractivity contribution < 1.29 is 13.2 Å². The zero-order valence-corrected chi connectivity index (χ0v) is 10.0. The summed E-state index contributed by atoms with van der Waals surface area (Å²) in [5.41, 5.74) is 7.15. The molecule has 4 N–H and O–H groups in total. The van der Waals surface area contributed by atoms with Crippen molar-refractivity contribution in [2.45, 2.75) is 43.4 Å². The van der Waals surface area contributed by atoms with Gasteiger partial charge in [-0.15, -0.1) is 4.83 Å². The number of amides is 1. The molecule has 92 valence electrons. The van der Waals surface area contributed by atoms with Crippen LogP contribution in [0.1, 0.15) is 32.6 Å². The highest BCUT2D eigenvalue weighted by Crippen LogP contribution is 2.43. The number of hydrazine groups is 1. The lowest BCUT2D eigenvalue weighted by molar-refractivity contribution is -0.124. The van der Waals surface area contributed by atoms with Crippen molar-refractivity contribution in [3.63, 3.8) is 0 Å². The van der Waals surface area contributed by atoms with E-state index in [4.69, 9.17) is 5.73 Å². The Bertz CT molecular complexity index is 404. The SMILES string of the molecule is CC[C@H]1C[C@]1(N)C(=O)NNS(=O)(=O)C1CC1. The van der Waals surface area contributed by atoms with E-state index in [9.17, 15) is 13.2 Å². The van der Waals surface area contributed by atoms with Gasteiger partial charge in [-0.2, -0.15) is 0 Å². The number of nitrogens with one attached hydrogen (secondary N) is 2. The Labute approximate surface area is 95.0 Å². The average molecular weight is 247 g/mol. The van der Waals surface area contributed by atoms with E-state index in [2.05, 4.69) is 10.3 Å². The molecule has 0 spiro atoms. The Kier molecular flexibility index (Phi) is 2.72. The van der Waals surface area contributed by atoms with Crippen LogP contribution in [0.5, 0.6) is 0 Å². The summed E-state index contributed by atoms with van der Waals surface area (Å²) in [5, 5.41) is -0.345. The van der Waals surface area contributed by atoms with E-state index in [0.717, 1.165) is 6.42 Å².